The molecule has 0 saturated carbocycles. The second kappa shape index (κ2) is 5.71. The topological polar surface area (TPSA) is 75.9 Å². The molecular formula is C12H13ClFN5. The summed E-state index contributed by atoms with van der Waals surface area (Å²) in [5.74, 6) is 0.800. The van der Waals surface area contributed by atoms with Gasteiger partial charge < -0.3 is 16.4 Å². The quantitative estimate of drug-likeness (QED) is 0.803. The van der Waals surface area contributed by atoms with Gasteiger partial charge in [-0.3, -0.25) is 0 Å². The largest absolute Gasteiger partial charge is 0.370 e. The van der Waals surface area contributed by atoms with Crippen LogP contribution in [0.5, 0.6) is 0 Å². The molecule has 100 valence electrons. The van der Waals surface area contributed by atoms with Gasteiger partial charge in [-0.15, -0.1) is 0 Å². The van der Waals surface area contributed by atoms with Crippen LogP contribution in [-0.4, -0.2) is 16.5 Å². The zero-order valence-electron chi connectivity index (χ0n) is 10.2. The van der Waals surface area contributed by atoms with Crippen LogP contribution in [0.4, 0.5) is 27.7 Å². The Kier molecular flexibility index (Phi) is 4.01. The lowest BCUT2D eigenvalue weighted by molar-refractivity contribution is 0.628. The Labute approximate surface area is 115 Å². The molecule has 2 aromatic rings. The van der Waals surface area contributed by atoms with Crippen LogP contribution >= 0.6 is 11.6 Å². The number of rotatable bonds is 4. The second-order valence-electron chi connectivity index (χ2n) is 3.78. The van der Waals surface area contributed by atoms with Crippen LogP contribution in [0.2, 0.25) is 5.02 Å². The van der Waals surface area contributed by atoms with Gasteiger partial charge in [0, 0.05) is 18.3 Å². The fourth-order valence-corrected chi connectivity index (χ4v) is 1.70. The molecule has 0 fully saturated rings. The summed E-state index contributed by atoms with van der Waals surface area (Å²) >= 11 is 5.71. The lowest BCUT2D eigenvalue weighted by Gasteiger charge is -2.09. The van der Waals surface area contributed by atoms with Crippen molar-refractivity contribution in [1.82, 2.24) is 9.97 Å². The molecule has 0 saturated heterocycles. The highest BCUT2D eigenvalue weighted by Crippen LogP contribution is 2.23. The van der Waals surface area contributed by atoms with E-state index in [-0.39, 0.29) is 11.0 Å². The van der Waals surface area contributed by atoms with Crippen molar-refractivity contribution in [2.45, 2.75) is 6.92 Å². The second-order valence-corrected chi connectivity index (χ2v) is 4.19. The molecule has 0 atom stereocenters. The van der Waals surface area contributed by atoms with Gasteiger partial charge in [0.2, 0.25) is 5.95 Å². The SMILES string of the molecule is CCNc1cc(Nc2ccc(F)c(Cl)c2)nc(N)n1. The van der Waals surface area contributed by atoms with Gasteiger partial charge >= 0.3 is 0 Å². The van der Waals surface area contributed by atoms with E-state index in [2.05, 4.69) is 20.6 Å². The average Bonchev–Trinajstić information content (AvgIpc) is 2.33. The Hall–Kier alpha value is -2.08. The number of aromatic nitrogens is 2. The van der Waals surface area contributed by atoms with Crippen molar-refractivity contribution in [2.75, 3.05) is 22.9 Å². The van der Waals surface area contributed by atoms with Crippen LogP contribution in [0.3, 0.4) is 0 Å². The molecule has 0 radical (unpaired) electrons. The monoisotopic (exact) mass is 281 g/mol. The van der Waals surface area contributed by atoms with E-state index in [4.69, 9.17) is 17.3 Å². The van der Waals surface area contributed by atoms with Crippen molar-refractivity contribution in [3.05, 3.63) is 35.1 Å². The van der Waals surface area contributed by atoms with Crippen LogP contribution in [0, 0.1) is 5.82 Å². The summed E-state index contributed by atoms with van der Waals surface area (Å²) in [6.45, 7) is 2.67. The van der Waals surface area contributed by atoms with Gasteiger partial charge in [-0.05, 0) is 25.1 Å². The summed E-state index contributed by atoms with van der Waals surface area (Å²) < 4.78 is 13.1. The first-order valence-electron chi connectivity index (χ1n) is 5.69. The van der Waals surface area contributed by atoms with Crippen LogP contribution in [0.15, 0.2) is 24.3 Å². The third-order valence-electron chi connectivity index (χ3n) is 2.29. The maximum atomic E-state index is 13.1. The molecule has 7 heteroatoms. The first-order chi connectivity index (χ1) is 9.08. The van der Waals surface area contributed by atoms with Gasteiger partial charge in [0.05, 0.1) is 5.02 Å². The third-order valence-corrected chi connectivity index (χ3v) is 2.58. The fourth-order valence-electron chi connectivity index (χ4n) is 1.52. The van der Waals surface area contributed by atoms with E-state index >= 15 is 0 Å². The van der Waals surface area contributed by atoms with Crippen LogP contribution in [0.25, 0.3) is 0 Å². The minimum absolute atomic E-state index is 0.0407. The van der Waals surface area contributed by atoms with Crippen LogP contribution in [0.1, 0.15) is 6.92 Å². The van der Waals surface area contributed by atoms with Crippen molar-refractivity contribution < 1.29 is 4.39 Å². The van der Waals surface area contributed by atoms with Crippen molar-refractivity contribution in [3.63, 3.8) is 0 Å². The standard InChI is InChI=1S/C12H13ClFN5/c1-2-16-10-6-11(19-12(15)18-10)17-7-3-4-9(14)8(13)5-7/h3-6H,2H2,1H3,(H4,15,16,17,18,19). The lowest BCUT2D eigenvalue weighted by atomic mass is 10.3. The summed E-state index contributed by atoms with van der Waals surface area (Å²) in [5, 5.41) is 6.07. The first-order valence-corrected chi connectivity index (χ1v) is 6.07. The van der Waals surface area contributed by atoms with E-state index in [0.29, 0.717) is 17.3 Å². The minimum Gasteiger partial charge on any atom is -0.370 e. The smallest absolute Gasteiger partial charge is 0.223 e. The first kappa shape index (κ1) is 13.4. The minimum atomic E-state index is -0.470. The number of nitrogens with one attached hydrogen (secondary N) is 2. The van der Waals surface area contributed by atoms with Gasteiger partial charge in [-0.25, -0.2) is 4.39 Å². The average molecular weight is 282 g/mol. The number of nitrogens with two attached hydrogens (primary N) is 1. The Bertz CT molecular complexity index is 590. The number of nitrogen functional groups attached to an aromatic ring is 1. The number of halogens is 2. The molecule has 0 aliphatic heterocycles. The number of hydrogen-bond donors (Lipinski definition) is 3. The summed E-state index contributed by atoms with van der Waals surface area (Å²) in [7, 11) is 0. The Morgan fingerprint density at radius 2 is 2.00 bits per heavy atom. The summed E-state index contributed by atoms with van der Waals surface area (Å²) in [6, 6.07) is 6.02. The maximum absolute atomic E-state index is 13.1. The van der Waals surface area contributed by atoms with Crippen molar-refractivity contribution in [2.24, 2.45) is 0 Å². The Morgan fingerprint density at radius 1 is 1.26 bits per heavy atom. The van der Waals surface area contributed by atoms with Crippen molar-refractivity contribution >= 4 is 34.9 Å². The van der Waals surface area contributed by atoms with E-state index in [0.717, 1.165) is 6.54 Å². The molecule has 0 unspecified atom stereocenters. The molecule has 1 aromatic heterocycles. The molecule has 0 aliphatic carbocycles. The van der Waals surface area contributed by atoms with Gasteiger partial charge in [0.15, 0.2) is 0 Å². The molecule has 2 rings (SSSR count). The fraction of sp³-hybridized carbons (Fsp3) is 0.167. The normalized spacial score (nSPS) is 10.3. The van der Waals surface area contributed by atoms with E-state index in [1.807, 2.05) is 6.92 Å². The zero-order valence-corrected chi connectivity index (χ0v) is 11.0. The predicted octanol–water partition coefficient (Wildman–Crippen LogP) is 3.03. The van der Waals surface area contributed by atoms with E-state index in [9.17, 15) is 4.39 Å². The molecule has 19 heavy (non-hydrogen) atoms. The zero-order chi connectivity index (χ0) is 13.8. The summed E-state index contributed by atoms with van der Waals surface area (Å²) in [6.07, 6.45) is 0. The van der Waals surface area contributed by atoms with Crippen LogP contribution < -0.4 is 16.4 Å². The Morgan fingerprint density at radius 3 is 2.68 bits per heavy atom. The van der Waals surface area contributed by atoms with Crippen molar-refractivity contribution in [3.8, 4) is 0 Å². The third kappa shape index (κ3) is 3.45. The molecular weight excluding hydrogens is 269 g/mol. The van der Waals surface area contributed by atoms with E-state index in [1.54, 1.807) is 12.1 Å². The number of benzene rings is 1. The summed E-state index contributed by atoms with van der Waals surface area (Å²) in [5.41, 5.74) is 6.23. The number of nitrogens with zero attached hydrogens (tertiary/aromatic N) is 2. The Balaban J connectivity index is 2.24. The molecule has 1 aromatic carbocycles. The molecule has 4 N–H and O–H groups in total. The van der Waals surface area contributed by atoms with Gasteiger partial charge in [-0.1, -0.05) is 11.6 Å². The molecule has 0 amide bonds. The van der Waals surface area contributed by atoms with E-state index in [1.165, 1.54) is 12.1 Å². The van der Waals surface area contributed by atoms with Gasteiger partial charge in [-0.2, -0.15) is 9.97 Å². The maximum Gasteiger partial charge on any atom is 0.223 e. The lowest BCUT2D eigenvalue weighted by Crippen LogP contribution is -2.05. The van der Waals surface area contributed by atoms with Gasteiger partial charge in [0.1, 0.15) is 17.5 Å². The molecule has 1 heterocycles. The van der Waals surface area contributed by atoms with E-state index < -0.39 is 5.82 Å². The molecule has 0 aliphatic rings. The number of anilines is 4. The molecule has 0 spiro atoms. The summed E-state index contributed by atoms with van der Waals surface area (Å²) in [4.78, 5) is 8.07. The van der Waals surface area contributed by atoms with Crippen molar-refractivity contribution in [1.29, 1.82) is 0 Å². The predicted molar refractivity (Wildman–Crippen MR) is 75.3 cm³/mol. The highest BCUT2D eigenvalue weighted by Gasteiger charge is 2.04. The highest BCUT2D eigenvalue weighted by molar-refractivity contribution is 6.31. The number of hydrogen-bond acceptors (Lipinski definition) is 5. The van der Waals surface area contributed by atoms with Crippen LogP contribution in [-0.2, 0) is 0 Å². The molecule has 5 nitrogen and oxygen atoms in total. The highest BCUT2D eigenvalue weighted by atomic mass is 35.5. The van der Waals surface area contributed by atoms with Gasteiger partial charge in [0.25, 0.3) is 0 Å². The molecule has 0 bridgehead atoms.